The van der Waals surface area contributed by atoms with E-state index in [4.69, 9.17) is 13.6 Å². The molecule has 0 aliphatic heterocycles. The van der Waals surface area contributed by atoms with Gasteiger partial charge in [0.1, 0.15) is 11.5 Å². The number of rotatable bonds is 7. The van der Waals surface area contributed by atoms with Crippen molar-refractivity contribution in [3.63, 3.8) is 0 Å². The molecule has 0 heterocycles. The first-order valence-electron chi connectivity index (χ1n) is 8.66. The number of alkyl halides is 3. The zero-order chi connectivity index (χ0) is 20.9. The quantitative estimate of drug-likeness (QED) is 0.389. The van der Waals surface area contributed by atoms with E-state index in [1.54, 1.807) is 43.3 Å². The van der Waals surface area contributed by atoms with Crippen LogP contribution in [0.2, 0.25) is 0 Å². The number of hydrogen-bond acceptors (Lipinski definition) is 4. The average molecular weight is 422 g/mol. The molecule has 0 aliphatic carbocycles. The lowest BCUT2D eigenvalue weighted by molar-refractivity contribution is -0.201. The smallest absolute Gasteiger partial charge is 0.395 e. The van der Waals surface area contributed by atoms with Gasteiger partial charge in [0.2, 0.25) is 0 Å². The molecule has 0 saturated heterocycles. The lowest BCUT2D eigenvalue weighted by Crippen LogP contribution is -2.24. The Morgan fingerprint density at radius 2 is 1.34 bits per heavy atom. The van der Waals surface area contributed by atoms with Crippen molar-refractivity contribution in [2.45, 2.75) is 19.2 Å². The van der Waals surface area contributed by atoms with E-state index in [0.29, 0.717) is 0 Å². The molecule has 0 saturated carbocycles. The van der Waals surface area contributed by atoms with Crippen LogP contribution in [0.15, 0.2) is 84.9 Å². The second-order valence-corrected chi connectivity index (χ2v) is 7.67. The first-order chi connectivity index (χ1) is 13.8. The van der Waals surface area contributed by atoms with Gasteiger partial charge in [-0.2, -0.15) is 13.2 Å². The molecule has 3 aromatic rings. The van der Waals surface area contributed by atoms with Crippen molar-refractivity contribution in [3.05, 3.63) is 96.1 Å². The first-order valence-corrected chi connectivity index (χ1v) is 10.1. The molecular formula is C21H18F3O4P. The third-order valence-electron chi connectivity index (χ3n) is 3.80. The van der Waals surface area contributed by atoms with Crippen molar-refractivity contribution < 1.29 is 31.3 Å². The maximum absolute atomic E-state index is 13.7. The Morgan fingerprint density at radius 1 is 0.793 bits per heavy atom. The van der Waals surface area contributed by atoms with Crippen LogP contribution >= 0.6 is 7.82 Å². The number of phosphoric acid groups is 1. The summed E-state index contributed by atoms with van der Waals surface area (Å²) in [6, 6.07) is 21.0. The van der Waals surface area contributed by atoms with Crippen LogP contribution < -0.4 is 9.05 Å². The van der Waals surface area contributed by atoms with Crippen molar-refractivity contribution in [1.82, 2.24) is 0 Å². The van der Waals surface area contributed by atoms with Crippen molar-refractivity contribution in [3.8, 4) is 11.5 Å². The number of aryl methyl sites for hydroxylation is 1. The van der Waals surface area contributed by atoms with Crippen LogP contribution in [-0.2, 0) is 9.09 Å². The summed E-state index contributed by atoms with van der Waals surface area (Å²) < 4.78 is 70.2. The van der Waals surface area contributed by atoms with E-state index in [2.05, 4.69) is 0 Å². The molecule has 0 N–H and O–H groups in total. The molecule has 8 heteroatoms. The molecule has 0 fully saturated rings. The fourth-order valence-electron chi connectivity index (χ4n) is 2.54. The van der Waals surface area contributed by atoms with Gasteiger partial charge in [0.25, 0.3) is 0 Å². The van der Waals surface area contributed by atoms with Crippen LogP contribution in [-0.4, -0.2) is 6.18 Å². The van der Waals surface area contributed by atoms with Crippen molar-refractivity contribution >= 4 is 7.82 Å². The highest BCUT2D eigenvalue weighted by atomic mass is 31.2. The van der Waals surface area contributed by atoms with E-state index < -0.39 is 20.1 Å². The third kappa shape index (κ3) is 5.86. The molecular weight excluding hydrogens is 404 g/mol. The van der Waals surface area contributed by atoms with Crippen molar-refractivity contribution in [2.75, 3.05) is 0 Å². The standard InChI is InChI=1S/C21H18F3O4P/c1-16-9-8-14-19(15-16)27-29(25,26-18-12-6-3-7-13-18)28-20(21(22,23)24)17-10-4-2-5-11-17/h2-15,20H,1H3/t20-,29+/m0/s1. The summed E-state index contributed by atoms with van der Waals surface area (Å²) >= 11 is 0. The predicted octanol–water partition coefficient (Wildman–Crippen LogP) is 6.88. The fourth-order valence-corrected chi connectivity index (χ4v) is 3.91. The molecule has 0 amide bonds. The van der Waals surface area contributed by atoms with Crippen molar-refractivity contribution in [1.29, 1.82) is 0 Å². The Kier molecular flexibility index (Phi) is 6.30. The normalized spacial score (nSPS) is 14.6. The largest absolute Gasteiger partial charge is 0.588 e. The summed E-state index contributed by atoms with van der Waals surface area (Å²) in [5.74, 6) is 0.121. The molecule has 3 rings (SSSR count). The maximum Gasteiger partial charge on any atom is 0.588 e. The Labute approximate surface area is 166 Å². The van der Waals surface area contributed by atoms with Crippen LogP contribution in [0.3, 0.4) is 0 Å². The SMILES string of the molecule is Cc1cccc(O[P@@](=O)(Oc2ccccc2)O[C@@H](c2ccccc2)C(F)(F)F)c1. The van der Waals surface area contributed by atoms with Gasteiger partial charge in [-0.3, -0.25) is 0 Å². The van der Waals surface area contributed by atoms with Crippen LogP contribution in [0.4, 0.5) is 13.2 Å². The summed E-state index contributed by atoms with van der Waals surface area (Å²) in [7, 11) is -4.72. The van der Waals surface area contributed by atoms with Crippen LogP contribution in [0.25, 0.3) is 0 Å². The van der Waals surface area contributed by atoms with Gasteiger partial charge in [0, 0.05) is 0 Å². The number of phosphoric ester groups is 1. The van der Waals surface area contributed by atoms with E-state index >= 15 is 0 Å². The second kappa shape index (κ2) is 8.72. The summed E-state index contributed by atoms with van der Waals surface area (Å²) in [5, 5.41) is 0. The molecule has 152 valence electrons. The van der Waals surface area contributed by atoms with Gasteiger partial charge in [0.15, 0.2) is 6.10 Å². The lowest BCUT2D eigenvalue weighted by Gasteiger charge is -2.26. The summed E-state index contributed by atoms with van der Waals surface area (Å²) in [4.78, 5) is 0. The van der Waals surface area contributed by atoms with E-state index in [-0.39, 0.29) is 17.1 Å². The van der Waals surface area contributed by atoms with Crippen LogP contribution in [0.1, 0.15) is 17.2 Å². The second-order valence-electron chi connectivity index (χ2n) is 6.20. The Bertz CT molecular complexity index is 978. The Balaban J connectivity index is 1.97. The number of para-hydroxylation sites is 1. The molecule has 29 heavy (non-hydrogen) atoms. The van der Waals surface area contributed by atoms with Gasteiger partial charge in [-0.05, 0) is 42.3 Å². The number of hydrogen-bond donors (Lipinski definition) is 0. The fraction of sp³-hybridized carbons (Fsp3) is 0.143. The minimum Gasteiger partial charge on any atom is -0.395 e. The summed E-state index contributed by atoms with van der Waals surface area (Å²) in [6.07, 6.45) is -7.34. The minimum atomic E-state index is -4.84. The monoisotopic (exact) mass is 422 g/mol. The third-order valence-corrected chi connectivity index (χ3v) is 5.14. The van der Waals surface area contributed by atoms with Gasteiger partial charge in [-0.1, -0.05) is 60.7 Å². The van der Waals surface area contributed by atoms with E-state index in [1.165, 1.54) is 48.5 Å². The average Bonchev–Trinajstić information content (AvgIpc) is 2.67. The maximum atomic E-state index is 13.7. The number of halogens is 3. The lowest BCUT2D eigenvalue weighted by atomic mass is 10.1. The van der Waals surface area contributed by atoms with Gasteiger partial charge < -0.3 is 9.05 Å². The highest BCUT2D eigenvalue weighted by Gasteiger charge is 2.48. The van der Waals surface area contributed by atoms with Crippen LogP contribution in [0.5, 0.6) is 11.5 Å². The van der Waals surface area contributed by atoms with Gasteiger partial charge in [-0.25, -0.2) is 9.09 Å². The van der Waals surface area contributed by atoms with E-state index in [1.807, 2.05) is 0 Å². The molecule has 0 radical (unpaired) electrons. The molecule has 3 aromatic carbocycles. The number of benzene rings is 3. The molecule has 0 spiro atoms. The van der Waals surface area contributed by atoms with Gasteiger partial charge in [-0.15, -0.1) is 0 Å². The van der Waals surface area contributed by atoms with E-state index in [0.717, 1.165) is 5.56 Å². The Hall–Kier alpha value is -2.76. The van der Waals surface area contributed by atoms with E-state index in [9.17, 15) is 17.7 Å². The zero-order valence-corrected chi connectivity index (χ0v) is 16.3. The first kappa shape index (κ1) is 21.0. The zero-order valence-electron chi connectivity index (χ0n) is 15.4. The van der Waals surface area contributed by atoms with Crippen LogP contribution in [0, 0.1) is 6.92 Å². The molecule has 0 aliphatic rings. The topological polar surface area (TPSA) is 44.8 Å². The molecule has 0 bridgehead atoms. The molecule has 4 nitrogen and oxygen atoms in total. The summed E-state index contributed by atoms with van der Waals surface area (Å²) in [5.41, 5.74) is 0.550. The van der Waals surface area contributed by atoms with Gasteiger partial charge in [0.05, 0.1) is 0 Å². The highest BCUT2D eigenvalue weighted by molar-refractivity contribution is 7.49. The van der Waals surface area contributed by atoms with Gasteiger partial charge >= 0.3 is 14.0 Å². The predicted molar refractivity (Wildman–Crippen MR) is 103 cm³/mol. The molecule has 0 unspecified atom stereocenters. The highest BCUT2D eigenvalue weighted by Crippen LogP contribution is 2.55. The summed E-state index contributed by atoms with van der Waals surface area (Å²) in [6.45, 7) is 1.76. The molecule has 2 atom stereocenters. The van der Waals surface area contributed by atoms with Crippen molar-refractivity contribution in [2.24, 2.45) is 0 Å². The molecule has 0 aromatic heterocycles. The minimum absolute atomic E-state index is 0.0532. The Morgan fingerprint density at radius 3 is 1.93 bits per heavy atom.